The third-order valence-electron chi connectivity index (χ3n) is 3.11. The summed E-state index contributed by atoms with van der Waals surface area (Å²) in [6, 6.07) is 0. The van der Waals surface area contributed by atoms with Crippen LogP contribution in [-0.2, 0) is 0 Å². The molecule has 0 saturated heterocycles. The molecule has 0 radical (unpaired) electrons. The summed E-state index contributed by atoms with van der Waals surface area (Å²) in [5.41, 5.74) is 1.32. The molecule has 0 aromatic carbocycles. The monoisotopic (exact) mass is 168 g/mol. The second-order valence-electron chi connectivity index (χ2n) is 4.38. The summed E-state index contributed by atoms with van der Waals surface area (Å²) in [7, 11) is 0. The second-order valence-corrected chi connectivity index (χ2v) is 4.38. The molecule has 3 unspecified atom stereocenters. The molecule has 72 valence electrons. The Morgan fingerprint density at radius 2 is 1.67 bits per heavy atom. The molecule has 0 N–H and O–H groups in total. The van der Waals surface area contributed by atoms with E-state index in [1.165, 1.54) is 18.4 Å². The van der Waals surface area contributed by atoms with Crippen LogP contribution in [0.1, 0.15) is 47.5 Å². The van der Waals surface area contributed by atoms with Gasteiger partial charge in [-0.05, 0) is 31.1 Å². The maximum atomic E-state index is 3.96. The van der Waals surface area contributed by atoms with Gasteiger partial charge in [0.15, 0.2) is 0 Å². The molecular weight excluding hydrogens is 144 g/mol. The molecule has 12 heavy (non-hydrogen) atoms. The zero-order valence-electron chi connectivity index (χ0n) is 9.35. The second kappa shape index (κ2) is 5.40. The molecule has 0 aromatic rings. The Balaban J connectivity index is 3.91. The van der Waals surface area contributed by atoms with Crippen molar-refractivity contribution in [2.75, 3.05) is 0 Å². The number of hydrogen-bond donors (Lipinski definition) is 0. The smallest absolute Gasteiger partial charge is 0.0297 e. The lowest BCUT2D eigenvalue weighted by Gasteiger charge is -2.25. The lowest BCUT2D eigenvalue weighted by atomic mass is 9.81. The van der Waals surface area contributed by atoms with Crippen molar-refractivity contribution < 1.29 is 0 Å². The molecule has 0 aromatic heterocycles. The van der Waals surface area contributed by atoms with E-state index in [4.69, 9.17) is 0 Å². The van der Waals surface area contributed by atoms with Gasteiger partial charge in [0.2, 0.25) is 0 Å². The van der Waals surface area contributed by atoms with Gasteiger partial charge in [0.1, 0.15) is 0 Å². The molecule has 0 nitrogen and oxygen atoms in total. The third-order valence-corrected chi connectivity index (χ3v) is 3.11. The molecule has 0 aliphatic carbocycles. The van der Waals surface area contributed by atoms with Gasteiger partial charge in [-0.2, -0.15) is 0 Å². The molecule has 0 aliphatic rings. The number of allylic oxidation sites excluding steroid dienone is 1. The molecule has 3 atom stereocenters. The first-order valence-electron chi connectivity index (χ1n) is 5.13. The van der Waals surface area contributed by atoms with Gasteiger partial charge in [-0.1, -0.05) is 39.7 Å². The zero-order chi connectivity index (χ0) is 9.72. The highest BCUT2D eigenvalue weighted by molar-refractivity contribution is 4.90. The van der Waals surface area contributed by atoms with Gasteiger partial charge in [0.05, 0.1) is 0 Å². The Morgan fingerprint density at radius 3 is 2.00 bits per heavy atom. The summed E-state index contributed by atoms with van der Waals surface area (Å²) in [5.74, 6) is 2.46. The normalized spacial score (nSPS) is 18.4. The highest BCUT2D eigenvalue weighted by Crippen LogP contribution is 2.26. The van der Waals surface area contributed by atoms with Crippen LogP contribution >= 0.6 is 0 Å². The minimum atomic E-state index is 0.789. The lowest BCUT2D eigenvalue weighted by Crippen LogP contribution is -2.16. The maximum Gasteiger partial charge on any atom is -0.0297 e. The van der Waals surface area contributed by atoms with E-state index in [2.05, 4.69) is 41.2 Å². The van der Waals surface area contributed by atoms with Crippen molar-refractivity contribution in [2.24, 2.45) is 17.8 Å². The number of hydrogen-bond acceptors (Lipinski definition) is 0. The SMILES string of the molecule is C=C(C)CC(C)C(C)C(C)CC. The molecule has 0 rings (SSSR count). The van der Waals surface area contributed by atoms with Crippen LogP contribution in [0.3, 0.4) is 0 Å². The van der Waals surface area contributed by atoms with Gasteiger partial charge in [0.25, 0.3) is 0 Å². The fourth-order valence-electron chi connectivity index (χ4n) is 1.67. The van der Waals surface area contributed by atoms with Crippen LogP contribution in [0, 0.1) is 17.8 Å². The van der Waals surface area contributed by atoms with Crippen LogP contribution in [0.25, 0.3) is 0 Å². The topological polar surface area (TPSA) is 0 Å². The van der Waals surface area contributed by atoms with E-state index < -0.39 is 0 Å². The Morgan fingerprint density at radius 1 is 1.17 bits per heavy atom. The fraction of sp³-hybridized carbons (Fsp3) is 0.833. The summed E-state index contributed by atoms with van der Waals surface area (Å²) in [6.45, 7) is 15.4. The van der Waals surface area contributed by atoms with Crippen molar-refractivity contribution in [3.63, 3.8) is 0 Å². The minimum Gasteiger partial charge on any atom is -0.100 e. The molecule has 0 fully saturated rings. The molecule has 0 aliphatic heterocycles. The Kier molecular flexibility index (Phi) is 5.28. The summed E-state index contributed by atoms with van der Waals surface area (Å²) in [6.07, 6.45) is 2.48. The van der Waals surface area contributed by atoms with Gasteiger partial charge in [-0.25, -0.2) is 0 Å². The average Bonchev–Trinajstić information content (AvgIpc) is 2.00. The molecule has 0 spiro atoms. The van der Waals surface area contributed by atoms with E-state index in [1.54, 1.807) is 0 Å². The van der Waals surface area contributed by atoms with Gasteiger partial charge in [-0.15, -0.1) is 6.58 Å². The Bertz CT molecular complexity index is 135. The van der Waals surface area contributed by atoms with E-state index in [-0.39, 0.29) is 0 Å². The quantitative estimate of drug-likeness (QED) is 0.538. The van der Waals surface area contributed by atoms with Crippen molar-refractivity contribution in [1.29, 1.82) is 0 Å². The van der Waals surface area contributed by atoms with Gasteiger partial charge >= 0.3 is 0 Å². The van der Waals surface area contributed by atoms with Crippen molar-refractivity contribution in [3.05, 3.63) is 12.2 Å². The first kappa shape index (κ1) is 11.7. The van der Waals surface area contributed by atoms with Crippen LogP contribution in [0.2, 0.25) is 0 Å². The van der Waals surface area contributed by atoms with E-state index in [1.807, 2.05) is 0 Å². The largest absolute Gasteiger partial charge is 0.100 e. The predicted octanol–water partition coefficient (Wildman–Crippen LogP) is 4.27. The fourth-order valence-corrected chi connectivity index (χ4v) is 1.67. The van der Waals surface area contributed by atoms with Crippen LogP contribution in [0.15, 0.2) is 12.2 Å². The summed E-state index contributed by atoms with van der Waals surface area (Å²) in [5, 5.41) is 0. The van der Waals surface area contributed by atoms with Gasteiger partial charge in [-0.3, -0.25) is 0 Å². The highest BCUT2D eigenvalue weighted by atomic mass is 14.2. The molecular formula is C12H24. The predicted molar refractivity (Wildman–Crippen MR) is 57.2 cm³/mol. The summed E-state index contributed by atoms with van der Waals surface area (Å²) < 4.78 is 0. The standard InChI is InChI=1S/C12H24/c1-7-10(4)12(6)11(5)8-9(2)3/h10-12H,2,7-8H2,1,3-6H3. The zero-order valence-corrected chi connectivity index (χ0v) is 9.35. The van der Waals surface area contributed by atoms with Crippen molar-refractivity contribution in [1.82, 2.24) is 0 Å². The highest BCUT2D eigenvalue weighted by Gasteiger charge is 2.17. The molecule has 0 bridgehead atoms. The van der Waals surface area contributed by atoms with Crippen molar-refractivity contribution in [3.8, 4) is 0 Å². The first-order valence-corrected chi connectivity index (χ1v) is 5.13. The maximum absolute atomic E-state index is 3.96. The molecule has 0 heteroatoms. The lowest BCUT2D eigenvalue weighted by molar-refractivity contribution is 0.271. The van der Waals surface area contributed by atoms with Gasteiger partial charge < -0.3 is 0 Å². The molecule has 0 saturated carbocycles. The number of rotatable bonds is 5. The Hall–Kier alpha value is -0.260. The molecule has 0 amide bonds. The minimum absolute atomic E-state index is 0.789. The molecule has 0 heterocycles. The van der Waals surface area contributed by atoms with Crippen LogP contribution in [-0.4, -0.2) is 0 Å². The Labute approximate surface area is 78.1 Å². The average molecular weight is 168 g/mol. The summed E-state index contributed by atoms with van der Waals surface area (Å²) in [4.78, 5) is 0. The van der Waals surface area contributed by atoms with Crippen molar-refractivity contribution >= 4 is 0 Å². The first-order chi connectivity index (χ1) is 5.49. The van der Waals surface area contributed by atoms with E-state index in [0.717, 1.165) is 17.8 Å². The van der Waals surface area contributed by atoms with E-state index >= 15 is 0 Å². The summed E-state index contributed by atoms with van der Waals surface area (Å²) >= 11 is 0. The van der Waals surface area contributed by atoms with Crippen LogP contribution in [0.4, 0.5) is 0 Å². The van der Waals surface area contributed by atoms with Crippen LogP contribution < -0.4 is 0 Å². The van der Waals surface area contributed by atoms with E-state index in [9.17, 15) is 0 Å². The van der Waals surface area contributed by atoms with Gasteiger partial charge in [0, 0.05) is 0 Å². The van der Waals surface area contributed by atoms with E-state index in [0.29, 0.717) is 0 Å². The van der Waals surface area contributed by atoms with Crippen molar-refractivity contribution in [2.45, 2.75) is 47.5 Å². The van der Waals surface area contributed by atoms with Crippen LogP contribution in [0.5, 0.6) is 0 Å². The third kappa shape index (κ3) is 3.94.